The molecule has 5 nitrogen and oxygen atoms in total. The number of carbonyl (C=O) groups is 1. The van der Waals surface area contributed by atoms with Crippen LogP contribution in [-0.4, -0.2) is 20.9 Å². The first-order chi connectivity index (χ1) is 12.7. The molecule has 0 saturated heterocycles. The molecule has 8 heteroatoms. The van der Waals surface area contributed by atoms with Crippen LogP contribution in [0.25, 0.3) is 0 Å². The molecule has 0 aliphatic carbocycles. The van der Waals surface area contributed by atoms with Crippen LogP contribution in [0.15, 0.2) is 41.3 Å². The maximum atomic E-state index is 13.4. The van der Waals surface area contributed by atoms with E-state index in [1.807, 2.05) is 13.8 Å². The van der Waals surface area contributed by atoms with E-state index in [1.54, 1.807) is 23.1 Å². The van der Waals surface area contributed by atoms with Crippen molar-refractivity contribution in [1.82, 2.24) is 0 Å². The SMILES string of the molecule is CC(C)C(=O)N1CCCc2ccc(NS(=O)(=O)c3ccc(F)c(F)c3)cc21. The Hall–Kier alpha value is -2.48. The first kappa shape index (κ1) is 19.3. The van der Waals surface area contributed by atoms with E-state index >= 15 is 0 Å². The van der Waals surface area contributed by atoms with Crippen molar-refractivity contribution < 1.29 is 22.0 Å². The molecule has 2 aromatic rings. The second kappa shape index (κ2) is 7.26. The van der Waals surface area contributed by atoms with Gasteiger partial charge in [-0.25, -0.2) is 17.2 Å². The van der Waals surface area contributed by atoms with E-state index in [0.29, 0.717) is 18.3 Å². The Labute approximate surface area is 157 Å². The van der Waals surface area contributed by atoms with E-state index in [1.165, 1.54) is 0 Å². The van der Waals surface area contributed by atoms with Crippen LogP contribution in [0, 0.1) is 17.6 Å². The number of rotatable bonds is 4. The van der Waals surface area contributed by atoms with Gasteiger partial charge in [-0.3, -0.25) is 9.52 Å². The zero-order valence-corrected chi connectivity index (χ0v) is 15.8. The molecule has 1 aliphatic rings. The van der Waals surface area contributed by atoms with Crippen LogP contribution >= 0.6 is 0 Å². The van der Waals surface area contributed by atoms with Crippen LogP contribution in [-0.2, 0) is 21.2 Å². The van der Waals surface area contributed by atoms with Gasteiger partial charge < -0.3 is 4.90 Å². The van der Waals surface area contributed by atoms with Gasteiger partial charge in [0.1, 0.15) is 0 Å². The lowest BCUT2D eigenvalue weighted by Gasteiger charge is -2.31. The summed E-state index contributed by atoms with van der Waals surface area (Å²) in [5.41, 5.74) is 1.89. The maximum Gasteiger partial charge on any atom is 0.262 e. The zero-order valence-electron chi connectivity index (χ0n) is 15.0. The topological polar surface area (TPSA) is 66.5 Å². The van der Waals surface area contributed by atoms with Crippen molar-refractivity contribution in [1.29, 1.82) is 0 Å². The lowest BCUT2D eigenvalue weighted by atomic mass is 9.99. The molecule has 1 aliphatic heterocycles. The number of fused-ring (bicyclic) bond motifs is 1. The Morgan fingerprint density at radius 2 is 1.85 bits per heavy atom. The summed E-state index contributed by atoms with van der Waals surface area (Å²) in [6.45, 7) is 4.20. The minimum atomic E-state index is -4.09. The molecular weight excluding hydrogens is 374 g/mol. The highest BCUT2D eigenvalue weighted by atomic mass is 32.2. The minimum absolute atomic E-state index is 0.0310. The number of amides is 1. The van der Waals surface area contributed by atoms with Crippen LogP contribution in [0.5, 0.6) is 0 Å². The van der Waals surface area contributed by atoms with Gasteiger partial charge >= 0.3 is 0 Å². The molecule has 0 fully saturated rings. The lowest BCUT2D eigenvalue weighted by Crippen LogP contribution is -2.38. The molecule has 0 atom stereocenters. The normalized spacial score (nSPS) is 14.2. The molecule has 2 aromatic carbocycles. The number of carbonyl (C=O) groups excluding carboxylic acids is 1. The minimum Gasteiger partial charge on any atom is -0.312 e. The smallest absolute Gasteiger partial charge is 0.262 e. The third-order valence-electron chi connectivity index (χ3n) is 4.42. The van der Waals surface area contributed by atoms with Gasteiger partial charge in [-0.15, -0.1) is 0 Å². The summed E-state index contributed by atoms with van der Waals surface area (Å²) >= 11 is 0. The summed E-state index contributed by atoms with van der Waals surface area (Å²) in [5, 5.41) is 0. The predicted octanol–water partition coefficient (Wildman–Crippen LogP) is 3.70. The van der Waals surface area contributed by atoms with E-state index in [2.05, 4.69) is 4.72 Å². The summed E-state index contributed by atoms with van der Waals surface area (Å²) in [4.78, 5) is 13.7. The Bertz CT molecular complexity index is 990. The number of anilines is 2. The maximum absolute atomic E-state index is 13.4. The van der Waals surface area contributed by atoms with Crippen molar-refractivity contribution in [2.24, 2.45) is 5.92 Å². The highest BCUT2D eigenvalue weighted by molar-refractivity contribution is 7.92. The van der Waals surface area contributed by atoms with Crippen LogP contribution in [0.3, 0.4) is 0 Å². The van der Waals surface area contributed by atoms with Crippen molar-refractivity contribution in [3.8, 4) is 0 Å². The van der Waals surface area contributed by atoms with Crippen LogP contribution in [0.4, 0.5) is 20.2 Å². The molecule has 3 rings (SSSR count). The van der Waals surface area contributed by atoms with Gasteiger partial charge in [0, 0.05) is 18.2 Å². The third kappa shape index (κ3) is 3.95. The summed E-state index contributed by atoms with van der Waals surface area (Å²) in [6.07, 6.45) is 1.64. The number of benzene rings is 2. The third-order valence-corrected chi connectivity index (χ3v) is 5.80. The molecule has 1 amide bonds. The van der Waals surface area contributed by atoms with Gasteiger partial charge in [0.2, 0.25) is 5.91 Å². The van der Waals surface area contributed by atoms with Gasteiger partial charge in [-0.1, -0.05) is 19.9 Å². The van der Waals surface area contributed by atoms with Gasteiger partial charge in [-0.05, 0) is 48.7 Å². The molecule has 0 spiro atoms. The number of hydrogen-bond donors (Lipinski definition) is 1. The Morgan fingerprint density at radius 1 is 1.11 bits per heavy atom. The largest absolute Gasteiger partial charge is 0.312 e. The van der Waals surface area contributed by atoms with Crippen molar-refractivity contribution in [3.63, 3.8) is 0 Å². The fourth-order valence-electron chi connectivity index (χ4n) is 3.04. The average molecular weight is 394 g/mol. The highest BCUT2D eigenvalue weighted by Gasteiger charge is 2.25. The van der Waals surface area contributed by atoms with Gasteiger partial charge in [0.05, 0.1) is 10.6 Å². The van der Waals surface area contributed by atoms with E-state index in [9.17, 15) is 22.0 Å². The van der Waals surface area contributed by atoms with E-state index in [-0.39, 0.29) is 22.4 Å². The first-order valence-corrected chi connectivity index (χ1v) is 10.1. The van der Waals surface area contributed by atoms with Crippen molar-refractivity contribution in [2.45, 2.75) is 31.6 Å². The van der Waals surface area contributed by atoms with Gasteiger partial charge in [0.15, 0.2) is 11.6 Å². The monoisotopic (exact) mass is 394 g/mol. The van der Waals surface area contributed by atoms with Gasteiger partial charge in [0.25, 0.3) is 10.0 Å². The summed E-state index contributed by atoms with van der Waals surface area (Å²) < 4.78 is 53.8. The molecule has 0 radical (unpaired) electrons. The van der Waals surface area contributed by atoms with Gasteiger partial charge in [-0.2, -0.15) is 0 Å². The second-order valence-corrected chi connectivity index (χ2v) is 8.46. The molecule has 1 N–H and O–H groups in total. The Morgan fingerprint density at radius 3 is 2.52 bits per heavy atom. The Kier molecular flexibility index (Phi) is 5.19. The lowest BCUT2D eigenvalue weighted by molar-refractivity contribution is -0.121. The molecule has 144 valence electrons. The van der Waals surface area contributed by atoms with Crippen molar-refractivity contribution in [3.05, 3.63) is 53.6 Å². The van der Waals surface area contributed by atoms with Crippen LogP contribution in [0.2, 0.25) is 0 Å². The Balaban J connectivity index is 1.93. The predicted molar refractivity (Wildman–Crippen MR) is 99.1 cm³/mol. The molecular formula is C19H20F2N2O3S. The van der Waals surface area contributed by atoms with Crippen LogP contribution < -0.4 is 9.62 Å². The fraction of sp³-hybridized carbons (Fsp3) is 0.316. The van der Waals surface area contributed by atoms with E-state index in [0.717, 1.165) is 30.5 Å². The molecule has 0 aromatic heterocycles. The molecule has 1 heterocycles. The number of halogens is 2. The number of sulfonamides is 1. The summed E-state index contributed by atoms with van der Waals surface area (Å²) in [5.74, 6) is -2.57. The standard InChI is InChI=1S/C19H20F2N2O3S/c1-12(2)19(24)23-9-3-4-13-5-6-14(10-18(13)23)22-27(25,26)15-7-8-16(20)17(21)11-15/h5-8,10-12,22H,3-4,9H2,1-2H3. The highest BCUT2D eigenvalue weighted by Crippen LogP contribution is 2.32. The first-order valence-electron chi connectivity index (χ1n) is 8.61. The number of nitrogens with one attached hydrogen (secondary N) is 1. The fourth-order valence-corrected chi connectivity index (χ4v) is 4.10. The zero-order chi connectivity index (χ0) is 19.8. The summed E-state index contributed by atoms with van der Waals surface area (Å²) in [7, 11) is -4.09. The molecule has 0 bridgehead atoms. The van der Waals surface area contributed by atoms with E-state index < -0.39 is 21.7 Å². The molecule has 0 unspecified atom stereocenters. The van der Waals surface area contributed by atoms with E-state index in [4.69, 9.17) is 0 Å². The molecule has 27 heavy (non-hydrogen) atoms. The second-order valence-electron chi connectivity index (χ2n) is 6.77. The number of nitrogens with zero attached hydrogens (tertiary/aromatic N) is 1. The number of aryl methyl sites for hydroxylation is 1. The molecule has 0 saturated carbocycles. The number of hydrogen-bond acceptors (Lipinski definition) is 3. The van der Waals surface area contributed by atoms with Crippen molar-refractivity contribution >= 4 is 27.3 Å². The quantitative estimate of drug-likeness (QED) is 0.860. The average Bonchev–Trinajstić information content (AvgIpc) is 2.62. The summed E-state index contributed by atoms with van der Waals surface area (Å²) in [6, 6.07) is 7.36. The van der Waals surface area contributed by atoms with Crippen LogP contribution in [0.1, 0.15) is 25.8 Å². The van der Waals surface area contributed by atoms with Crippen molar-refractivity contribution in [2.75, 3.05) is 16.2 Å².